The summed E-state index contributed by atoms with van der Waals surface area (Å²) in [5.74, 6) is -4.43. The Balaban J connectivity index is 2.17. The lowest BCUT2D eigenvalue weighted by molar-refractivity contribution is -0.138. The summed E-state index contributed by atoms with van der Waals surface area (Å²) in [4.78, 5) is 26.7. The Hall–Kier alpha value is -3.08. The second kappa shape index (κ2) is 7.15. The van der Waals surface area contributed by atoms with E-state index >= 15 is 0 Å². The zero-order chi connectivity index (χ0) is 20.6. The number of halogens is 5. The first kappa shape index (κ1) is 19.7. The standard InChI is InChI=1S/C17H9F5N2O3S/c18-10-5-11(19)14-12(6-10)28-16(24(14)7-13(25)26)23-15(27)8-2-1-3-9(4-8)17(20,21)22/h1-6H,7H2,(H,25,26)/b23-16-. The Morgan fingerprint density at radius 3 is 2.50 bits per heavy atom. The highest BCUT2D eigenvalue weighted by atomic mass is 32.1. The molecule has 0 unspecified atom stereocenters. The topological polar surface area (TPSA) is 71.7 Å². The number of hydrogen-bond donors (Lipinski definition) is 1. The van der Waals surface area contributed by atoms with Crippen LogP contribution >= 0.6 is 11.3 Å². The van der Waals surface area contributed by atoms with E-state index in [0.29, 0.717) is 23.5 Å². The molecule has 0 spiro atoms. The molecule has 0 saturated carbocycles. The highest BCUT2D eigenvalue weighted by molar-refractivity contribution is 7.16. The zero-order valence-electron chi connectivity index (χ0n) is 13.6. The maximum Gasteiger partial charge on any atom is 0.416 e. The van der Waals surface area contributed by atoms with Gasteiger partial charge in [0.1, 0.15) is 12.4 Å². The van der Waals surface area contributed by atoms with Crippen LogP contribution < -0.4 is 4.80 Å². The summed E-state index contributed by atoms with van der Waals surface area (Å²) in [6.07, 6.45) is -4.67. The predicted octanol–water partition coefficient (Wildman–Crippen LogP) is 3.83. The van der Waals surface area contributed by atoms with Gasteiger partial charge < -0.3 is 9.67 Å². The van der Waals surface area contributed by atoms with Gasteiger partial charge in [-0.25, -0.2) is 8.78 Å². The van der Waals surface area contributed by atoms with Crippen LogP contribution in [0.25, 0.3) is 10.2 Å². The maximum atomic E-state index is 14.1. The summed E-state index contributed by atoms with van der Waals surface area (Å²) < 4.78 is 66.8. The number of benzene rings is 2. The van der Waals surface area contributed by atoms with Crippen molar-refractivity contribution < 1.29 is 36.6 Å². The van der Waals surface area contributed by atoms with Gasteiger partial charge in [0, 0.05) is 11.6 Å². The third kappa shape index (κ3) is 3.93. The van der Waals surface area contributed by atoms with Gasteiger partial charge in [0.05, 0.1) is 15.8 Å². The molecule has 0 saturated heterocycles. The minimum atomic E-state index is -4.67. The van der Waals surface area contributed by atoms with Gasteiger partial charge in [-0.15, -0.1) is 0 Å². The molecule has 1 N–H and O–H groups in total. The summed E-state index contributed by atoms with van der Waals surface area (Å²) in [5.41, 5.74) is -1.72. The first-order valence-electron chi connectivity index (χ1n) is 7.53. The van der Waals surface area contributed by atoms with Crippen molar-refractivity contribution in [3.63, 3.8) is 0 Å². The van der Waals surface area contributed by atoms with Crippen molar-refractivity contribution in [2.24, 2.45) is 4.99 Å². The van der Waals surface area contributed by atoms with E-state index in [-0.39, 0.29) is 20.6 Å². The molecule has 0 aliphatic rings. The molecule has 11 heteroatoms. The van der Waals surface area contributed by atoms with Gasteiger partial charge in [-0.3, -0.25) is 9.59 Å². The second-order valence-electron chi connectivity index (χ2n) is 5.59. The summed E-state index contributed by atoms with van der Waals surface area (Å²) in [6.45, 7) is -0.780. The van der Waals surface area contributed by atoms with Crippen LogP contribution in [0.1, 0.15) is 15.9 Å². The van der Waals surface area contributed by atoms with E-state index in [4.69, 9.17) is 5.11 Å². The molecule has 2 aromatic carbocycles. The monoisotopic (exact) mass is 416 g/mol. The fourth-order valence-electron chi connectivity index (χ4n) is 2.48. The highest BCUT2D eigenvalue weighted by Crippen LogP contribution is 2.29. The van der Waals surface area contributed by atoms with Crippen LogP contribution in [0, 0.1) is 11.6 Å². The molecular weight excluding hydrogens is 407 g/mol. The van der Waals surface area contributed by atoms with Gasteiger partial charge in [0.15, 0.2) is 10.6 Å². The van der Waals surface area contributed by atoms with Crippen molar-refractivity contribution >= 4 is 33.4 Å². The van der Waals surface area contributed by atoms with Crippen LogP contribution in [0.3, 0.4) is 0 Å². The zero-order valence-corrected chi connectivity index (χ0v) is 14.4. The largest absolute Gasteiger partial charge is 0.480 e. The number of hydrogen-bond acceptors (Lipinski definition) is 3. The van der Waals surface area contributed by atoms with Gasteiger partial charge in [0.2, 0.25) is 0 Å². The SMILES string of the molecule is O=C(O)Cn1/c(=N/C(=O)c2cccc(C(F)(F)F)c2)sc2cc(F)cc(F)c21. The Labute approximate surface area is 157 Å². The van der Waals surface area contributed by atoms with E-state index in [9.17, 15) is 31.5 Å². The molecule has 0 fully saturated rings. The van der Waals surface area contributed by atoms with E-state index in [1.807, 2.05) is 0 Å². The smallest absolute Gasteiger partial charge is 0.416 e. The molecule has 0 aliphatic carbocycles. The second-order valence-corrected chi connectivity index (χ2v) is 6.60. The Morgan fingerprint density at radius 2 is 1.86 bits per heavy atom. The lowest BCUT2D eigenvalue weighted by Crippen LogP contribution is -2.22. The molecule has 1 aromatic heterocycles. The minimum absolute atomic E-state index is 0.00524. The van der Waals surface area contributed by atoms with E-state index < -0.39 is 41.8 Å². The molecule has 146 valence electrons. The van der Waals surface area contributed by atoms with Crippen LogP contribution in [0.2, 0.25) is 0 Å². The molecule has 5 nitrogen and oxygen atoms in total. The van der Waals surface area contributed by atoms with Crippen molar-refractivity contribution in [1.82, 2.24) is 4.57 Å². The van der Waals surface area contributed by atoms with Crippen molar-refractivity contribution in [2.45, 2.75) is 12.7 Å². The van der Waals surface area contributed by atoms with E-state index in [2.05, 4.69) is 4.99 Å². The van der Waals surface area contributed by atoms with Crippen LogP contribution in [0.4, 0.5) is 22.0 Å². The number of nitrogens with zero attached hydrogens (tertiary/aromatic N) is 2. The maximum absolute atomic E-state index is 14.1. The number of carbonyl (C=O) groups excluding carboxylic acids is 1. The van der Waals surface area contributed by atoms with Gasteiger partial charge in [-0.1, -0.05) is 17.4 Å². The third-order valence-corrected chi connectivity index (χ3v) is 4.65. The highest BCUT2D eigenvalue weighted by Gasteiger charge is 2.31. The third-order valence-electron chi connectivity index (χ3n) is 3.62. The van der Waals surface area contributed by atoms with Crippen LogP contribution in [0.5, 0.6) is 0 Å². The summed E-state index contributed by atoms with van der Waals surface area (Å²) in [7, 11) is 0. The van der Waals surface area contributed by atoms with Crippen LogP contribution in [-0.4, -0.2) is 21.6 Å². The molecule has 1 amide bonds. The van der Waals surface area contributed by atoms with Crippen molar-refractivity contribution in [2.75, 3.05) is 0 Å². The minimum Gasteiger partial charge on any atom is -0.480 e. The fourth-order valence-corrected chi connectivity index (χ4v) is 3.54. The molecule has 1 heterocycles. The van der Waals surface area contributed by atoms with Gasteiger partial charge >= 0.3 is 12.1 Å². The number of carboxylic acid groups (broad SMARTS) is 1. The number of aromatic nitrogens is 1. The molecular formula is C17H9F5N2O3S. The first-order chi connectivity index (χ1) is 13.1. The lowest BCUT2D eigenvalue weighted by Gasteiger charge is -2.06. The molecule has 0 atom stereocenters. The number of amides is 1. The molecule has 0 radical (unpaired) electrons. The van der Waals surface area contributed by atoms with Crippen molar-refractivity contribution in [3.05, 3.63) is 64.0 Å². The first-order valence-corrected chi connectivity index (χ1v) is 8.34. The summed E-state index contributed by atoms with van der Waals surface area (Å²) in [5, 5.41) is 9.03. The normalized spacial score (nSPS) is 12.5. The van der Waals surface area contributed by atoms with Gasteiger partial charge in [0.25, 0.3) is 5.91 Å². The van der Waals surface area contributed by atoms with Crippen LogP contribution in [-0.2, 0) is 17.5 Å². The Bertz CT molecular complexity index is 1160. The molecule has 0 aliphatic heterocycles. The van der Waals surface area contributed by atoms with E-state index in [1.165, 1.54) is 0 Å². The average Bonchev–Trinajstić information content (AvgIpc) is 2.90. The van der Waals surface area contributed by atoms with Gasteiger partial charge in [-0.05, 0) is 24.3 Å². The summed E-state index contributed by atoms with van der Waals surface area (Å²) in [6, 6.07) is 4.99. The quantitative estimate of drug-likeness (QED) is 0.660. The Morgan fingerprint density at radius 1 is 1.14 bits per heavy atom. The molecule has 3 aromatic rings. The number of thiazole rings is 1. The molecule has 28 heavy (non-hydrogen) atoms. The number of carboxylic acids is 1. The Kier molecular flexibility index (Phi) is 5.02. The number of rotatable bonds is 3. The predicted molar refractivity (Wildman–Crippen MR) is 88.7 cm³/mol. The number of alkyl halides is 3. The fraction of sp³-hybridized carbons (Fsp3) is 0.118. The molecule has 0 bridgehead atoms. The van der Waals surface area contributed by atoms with E-state index in [1.54, 1.807) is 0 Å². The average molecular weight is 416 g/mol. The van der Waals surface area contributed by atoms with Crippen molar-refractivity contribution in [1.29, 1.82) is 0 Å². The number of fused-ring (bicyclic) bond motifs is 1. The summed E-state index contributed by atoms with van der Waals surface area (Å²) >= 11 is 0.637. The van der Waals surface area contributed by atoms with Crippen LogP contribution in [0.15, 0.2) is 41.4 Å². The van der Waals surface area contributed by atoms with Crippen molar-refractivity contribution in [3.8, 4) is 0 Å². The lowest BCUT2D eigenvalue weighted by atomic mass is 10.1. The van der Waals surface area contributed by atoms with Gasteiger partial charge in [-0.2, -0.15) is 18.2 Å². The number of aliphatic carboxylic acids is 1. The number of carbonyl (C=O) groups is 2. The van der Waals surface area contributed by atoms with E-state index in [0.717, 1.165) is 28.8 Å². The molecule has 3 rings (SSSR count).